The van der Waals surface area contributed by atoms with Crippen molar-refractivity contribution in [1.82, 2.24) is 15.3 Å². The van der Waals surface area contributed by atoms with Crippen LogP contribution in [0.4, 0.5) is 0 Å². The first-order chi connectivity index (χ1) is 9.22. The zero-order valence-electron chi connectivity index (χ0n) is 10.9. The number of nitrogens with zero attached hydrogens (tertiary/aromatic N) is 2. The SMILES string of the molecule is Cc1ccc(-c2nccc(CNC3CC3)n2)c(Br)c1. The second-order valence-electron chi connectivity index (χ2n) is 5.01. The van der Waals surface area contributed by atoms with Gasteiger partial charge in [-0.3, -0.25) is 0 Å². The molecule has 3 rings (SSSR count). The summed E-state index contributed by atoms with van der Waals surface area (Å²) in [6.07, 6.45) is 4.42. The van der Waals surface area contributed by atoms with E-state index < -0.39 is 0 Å². The predicted molar refractivity (Wildman–Crippen MR) is 79.8 cm³/mol. The van der Waals surface area contributed by atoms with Crippen molar-refractivity contribution in [2.24, 2.45) is 0 Å². The Labute approximate surface area is 121 Å². The maximum Gasteiger partial charge on any atom is 0.160 e. The molecule has 0 bridgehead atoms. The van der Waals surface area contributed by atoms with Crippen LogP contribution in [0.5, 0.6) is 0 Å². The van der Waals surface area contributed by atoms with Gasteiger partial charge in [-0.2, -0.15) is 0 Å². The standard InChI is InChI=1S/C15H16BrN3/c1-10-2-5-13(14(16)8-10)15-17-7-6-12(19-15)9-18-11-3-4-11/h2,5-8,11,18H,3-4,9H2,1H3. The van der Waals surface area contributed by atoms with E-state index >= 15 is 0 Å². The highest BCUT2D eigenvalue weighted by molar-refractivity contribution is 9.10. The fourth-order valence-corrected chi connectivity index (χ4v) is 2.63. The van der Waals surface area contributed by atoms with Gasteiger partial charge >= 0.3 is 0 Å². The van der Waals surface area contributed by atoms with Gasteiger partial charge in [0.2, 0.25) is 0 Å². The van der Waals surface area contributed by atoms with E-state index in [4.69, 9.17) is 0 Å². The van der Waals surface area contributed by atoms with E-state index in [2.05, 4.69) is 56.3 Å². The number of hydrogen-bond acceptors (Lipinski definition) is 3. The monoisotopic (exact) mass is 317 g/mol. The van der Waals surface area contributed by atoms with E-state index in [1.54, 1.807) is 0 Å². The summed E-state index contributed by atoms with van der Waals surface area (Å²) >= 11 is 3.58. The fourth-order valence-electron chi connectivity index (χ4n) is 1.96. The Kier molecular flexibility index (Phi) is 3.62. The third-order valence-electron chi connectivity index (χ3n) is 3.23. The molecule has 0 unspecified atom stereocenters. The molecule has 98 valence electrons. The van der Waals surface area contributed by atoms with Crippen molar-refractivity contribution < 1.29 is 0 Å². The molecular formula is C15H16BrN3. The van der Waals surface area contributed by atoms with Gasteiger partial charge in [0.15, 0.2) is 5.82 Å². The first kappa shape index (κ1) is 12.8. The van der Waals surface area contributed by atoms with Gasteiger partial charge in [-0.15, -0.1) is 0 Å². The highest BCUT2D eigenvalue weighted by Gasteiger charge is 2.20. The summed E-state index contributed by atoms with van der Waals surface area (Å²) in [6, 6.07) is 8.91. The van der Waals surface area contributed by atoms with Gasteiger partial charge in [-0.25, -0.2) is 9.97 Å². The minimum absolute atomic E-state index is 0.699. The quantitative estimate of drug-likeness (QED) is 0.938. The molecule has 0 aliphatic heterocycles. The van der Waals surface area contributed by atoms with Crippen molar-refractivity contribution in [3.63, 3.8) is 0 Å². The van der Waals surface area contributed by atoms with Gasteiger partial charge < -0.3 is 5.32 Å². The Morgan fingerprint density at radius 2 is 2.16 bits per heavy atom. The normalized spacial score (nSPS) is 14.6. The summed E-state index contributed by atoms with van der Waals surface area (Å²) in [5.41, 5.74) is 3.31. The van der Waals surface area contributed by atoms with E-state index in [9.17, 15) is 0 Å². The molecule has 1 aliphatic carbocycles. The lowest BCUT2D eigenvalue weighted by Crippen LogP contribution is -2.16. The molecule has 3 nitrogen and oxygen atoms in total. The van der Waals surface area contributed by atoms with Gasteiger partial charge in [0.05, 0.1) is 5.69 Å². The molecule has 2 aromatic rings. The molecule has 0 amide bonds. The second-order valence-corrected chi connectivity index (χ2v) is 5.86. The van der Waals surface area contributed by atoms with E-state index in [1.807, 2.05) is 12.3 Å². The first-order valence-electron chi connectivity index (χ1n) is 6.54. The van der Waals surface area contributed by atoms with Crippen LogP contribution in [0.3, 0.4) is 0 Å². The molecule has 0 spiro atoms. The highest BCUT2D eigenvalue weighted by atomic mass is 79.9. The van der Waals surface area contributed by atoms with Crippen LogP contribution >= 0.6 is 15.9 Å². The first-order valence-corrected chi connectivity index (χ1v) is 7.33. The van der Waals surface area contributed by atoms with Crippen LogP contribution in [0.25, 0.3) is 11.4 Å². The lowest BCUT2D eigenvalue weighted by atomic mass is 10.1. The molecule has 1 aliphatic rings. The molecule has 1 N–H and O–H groups in total. The largest absolute Gasteiger partial charge is 0.308 e. The fraction of sp³-hybridized carbons (Fsp3) is 0.333. The molecule has 0 atom stereocenters. The molecule has 0 radical (unpaired) electrons. The zero-order chi connectivity index (χ0) is 13.2. The van der Waals surface area contributed by atoms with Crippen LogP contribution in [0.2, 0.25) is 0 Å². The van der Waals surface area contributed by atoms with Crippen LogP contribution in [-0.4, -0.2) is 16.0 Å². The van der Waals surface area contributed by atoms with Crippen molar-refractivity contribution in [3.8, 4) is 11.4 Å². The minimum Gasteiger partial charge on any atom is -0.308 e. The molecule has 1 heterocycles. The van der Waals surface area contributed by atoms with Crippen LogP contribution in [0, 0.1) is 6.92 Å². The van der Waals surface area contributed by atoms with E-state index in [0.29, 0.717) is 6.04 Å². The number of rotatable bonds is 4. The molecule has 1 aromatic heterocycles. The third-order valence-corrected chi connectivity index (χ3v) is 3.88. The summed E-state index contributed by atoms with van der Waals surface area (Å²) in [5.74, 6) is 0.780. The van der Waals surface area contributed by atoms with E-state index in [1.165, 1.54) is 18.4 Å². The summed E-state index contributed by atoms with van der Waals surface area (Å²) in [6.45, 7) is 2.90. The summed E-state index contributed by atoms with van der Waals surface area (Å²) in [4.78, 5) is 9.00. The summed E-state index contributed by atoms with van der Waals surface area (Å²) < 4.78 is 1.04. The van der Waals surface area contributed by atoms with Crippen LogP contribution < -0.4 is 5.32 Å². The zero-order valence-corrected chi connectivity index (χ0v) is 12.4. The van der Waals surface area contributed by atoms with Gasteiger partial charge in [0, 0.05) is 28.8 Å². The second kappa shape index (κ2) is 5.39. The number of nitrogens with one attached hydrogen (secondary N) is 1. The average Bonchev–Trinajstić information content (AvgIpc) is 3.21. The van der Waals surface area contributed by atoms with E-state index in [-0.39, 0.29) is 0 Å². The van der Waals surface area contributed by atoms with Crippen LogP contribution in [-0.2, 0) is 6.54 Å². The van der Waals surface area contributed by atoms with Gasteiger partial charge in [-0.1, -0.05) is 22.0 Å². The molecular weight excluding hydrogens is 302 g/mol. The Morgan fingerprint density at radius 3 is 2.89 bits per heavy atom. The molecule has 1 saturated carbocycles. The van der Waals surface area contributed by atoms with Gasteiger partial charge in [0.25, 0.3) is 0 Å². The van der Waals surface area contributed by atoms with Gasteiger partial charge in [0.1, 0.15) is 0 Å². The number of halogens is 1. The van der Waals surface area contributed by atoms with Crippen LogP contribution in [0.15, 0.2) is 34.9 Å². The maximum atomic E-state index is 4.63. The lowest BCUT2D eigenvalue weighted by molar-refractivity contribution is 0.673. The third kappa shape index (κ3) is 3.19. The summed E-state index contributed by atoms with van der Waals surface area (Å²) in [7, 11) is 0. The number of benzene rings is 1. The Bertz CT molecular complexity index is 594. The van der Waals surface area contributed by atoms with Crippen molar-refractivity contribution in [2.45, 2.75) is 32.4 Å². The average molecular weight is 318 g/mol. The van der Waals surface area contributed by atoms with Crippen molar-refractivity contribution >= 4 is 15.9 Å². The Balaban J connectivity index is 1.84. The number of aromatic nitrogens is 2. The number of hydrogen-bond donors (Lipinski definition) is 1. The molecule has 0 saturated heterocycles. The van der Waals surface area contributed by atoms with Gasteiger partial charge in [-0.05, 0) is 43.5 Å². The molecule has 1 aromatic carbocycles. The Hall–Kier alpha value is -1.26. The number of aryl methyl sites for hydroxylation is 1. The smallest absolute Gasteiger partial charge is 0.160 e. The Morgan fingerprint density at radius 1 is 1.32 bits per heavy atom. The minimum atomic E-state index is 0.699. The highest BCUT2D eigenvalue weighted by Crippen LogP contribution is 2.26. The lowest BCUT2D eigenvalue weighted by Gasteiger charge is -2.07. The molecule has 1 fully saturated rings. The predicted octanol–water partition coefficient (Wildman–Crippen LogP) is 3.47. The van der Waals surface area contributed by atoms with Crippen LogP contribution in [0.1, 0.15) is 24.1 Å². The maximum absolute atomic E-state index is 4.63. The molecule has 19 heavy (non-hydrogen) atoms. The summed E-state index contributed by atoms with van der Waals surface area (Å²) in [5, 5.41) is 3.47. The molecule has 4 heteroatoms. The topological polar surface area (TPSA) is 37.8 Å². The van der Waals surface area contributed by atoms with Crippen molar-refractivity contribution in [1.29, 1.82) is 0 Å². The van der Waals surface area contributed by atoms with Crippen molar-refractivity contribution in [2.75, 3.05) is 0 Å². The van der Waals surface area contributed by atoms with E-state index in [0.717, 1.165) is 28.1 Å². The van der Waals surface area contributed by atoms with Crippen molar-refractivity contribution in [3.05, 3.63) is 46.2 Å².